The van der Waals surface area contributed by atoms with Crippen LogP contribution in [0.2, 0.25) is 5.02 Å². The lowest BCUT2D eigenvalue weighted by Gasteiger charge is -2.51. The van der Waals surface area contributed by atoms with E-state index in [1.807, 2.05) is 0 Å². The quantitative estimate of drug-likeness (QED) is 0.756. The van der Waals surface area contributed by atoms with Crippen molar-refractivity contribution < 1.29 is 9.32 Å². The molecule has 4 heterocycles. The van der Waals surface area contributed by atoms with E-state index in [0.29, 0.717) is 45.9 Å². The van der Waals surface area contributed by atoms with E-state index in [2.05, 4.69) is 24.8 Å². The Balaban J connectivity index is 1.24. The number of aliphatic hydroxyl groups is 1. The maximum absolute atomic E-state index is 12.6. The van der Waals surface area contributed by atoms with Gasteiger partial charge in [0, 0.05) is 43.7 Å². The van der Waals surface area contributed by atoms with Gasteiger partial charge >= 0.3 is 0 Å². The predicted molar refractivity (Wildman–Crippen MR) is 113 cm³/mol. The molecule has 2 saturated carbocycles. The zero-order valence-corrected chi connectivity index (χ0v) is 18.0. The van der Waals surface area contributed by atoms with Gasteiger partial charge in [0.25, 0.3) is 0 Å². The smallest absolute Gasteiger partial charge is 0.227 e. The Bertz CT molecular complexity index is 999. The second-order valence-corrected chi connectivity index (χ2v) is 10.8. The Morgan fingerprint density at radius 3 is 2.53 bits per heavy atom. The highest BCUT2D eigenvalue weighted by Gasteiger charge is 2.58. The first-order valence-electron chi connectivity index (χ1n) is 10.5. The predicted octanol–water partition coefficient (Wildman–Crippen LogP) is 1.61. The Hall–Kier alpha value is -1.84. The highest BCUT2D eigenvalue weighted by atomic mass is 35.5. The van der Waals surface area contributed by atoms with E-state index >= 15 is 0 Å². The first-order chi connectivity index (χ1) is 14.6. The molecule has 3 atom stereocenters. The van der Waals surface area contributed by atoms with Crippen LogP contribution in [0.5, 0.6) is 0 Å². The first-order valence-corrected chi connectivity index (χ1v) is 12.2. The number of nitrogens with zero attached hydrogens (tertiary/aromatic N) is 6. The molecule has 0 spiro atoms. The molecule has 1 N–H and O–H groups in total. The van der Waals surface area contributed by atoms with Crippen LogP contribution in [0.25, 0.3) is 0 Å². The number of hydrogen-bond acceptors (Lipinski definition) is 8. The number of halogens is 1. The van der Waals surface area contributed by atoms with Gasteiger partial charge in [0.05, 0.1) is 39.1 Å². The van der Waals surface area contributed by atoms with E-state index in [9.17, 15) is 9.32 Å². The lowest BCUT2D eigenvalue weighted by atomic mass is 9.76. The number of aromatic nitrogens is 4. The topological polar surface area (TPSA) is 95.3 Å². The number of rotatable bonds is 4. The molecule has 10 heteroatoms. The van der Waals surface area contributed by atoms with Crippen LogP contribution in [0.4, 0.5) is 11.8 Å². The summed E-state index contributed by atoms with van der Waals surface area (Å²) in [6.45, 7) is 2.51. The van der Waals surface area contributed by atoms with Crippen LogP contribution in [0.15, 0.2) is 23.5 Å². The van der Waals surface area contributed by atoms with Crippen LogP contribution in [-0.4, -0.2) is 66.8 Å². The summed E-state index contributed by atoms with van der Waals surface area (Å²) in [6, 6.07) is 0. The van der Waals surface area contributed by atoms with Crippen LogP contribution >= 0.6 is 11.6 Å². The van der Waals surface area contributed by atoms with Gasteiger partial charge in [-0.2, -0.15) is 4.98 Å². The third-order valence-electron chi connectivity index (χ3n) is 7.29. The molecule has 158 valence electrons. The molecule has 0 radical (unpaired) electrons. The molecule has 0 amide bonds. The number of piperidine rings is 1. The van der Waals surface area contributed by atoms with Crippen LogP contribution < -0.4 is 9.80 Å². The zero-order valence-electron chi connectivity index (χ0n) is 16.4. The van der Waals surface area contributed by atoms with Gasteiger partial charge in [-0.25, -0.2) is 15.0 Å². The average molecular weight is 447 g/mol. The van der Waals surface area contributed by atoms with Crippen LogP contribution in [0.3, 0.4) is 0 Å². The second kappa shape index (κ2) is 6.83. The number of aliphatic hydroxyl groups excluding tert-OH is 1. The van der Waals surface area contributed by atoms with E-state index in [-0.39, 0.29) is 12.1 Å². The standard InChI is InChI=1S/C20H23ClN6O2S/c21-12-6-22-17(23-7-12)16-13-9-26(10-14(13)16)19-24-8-15-18(25-19)27(4-5-30(15)29)20(11-28)2-1-3-20/h6-8,13-14,16,28H,1-5,9-11H2/t13?,14?,16?,30-/m0/s1. The summed E-state index contributed by atoms with van der Waals surface area (Å²) in [5.74, 6) is 4.26. The molecule has 2 aromatic heterocycles. The molecule has 2 unspecified atom stereocenters. The Morgan fingerprint density at radius 2 is 1.90 bits per heavy atom. The van der Waals surface area contributed by atoms with Gasteiger partial charge in [-0.3, -0.25) is 4.21 Å². The van der Waals surface area contributed by atoms with E-state index in [0.717, 1.165) is 44.0 Å². The van der Waals surface area contributed by atoms with Gasteiger partial charge in [-0.1, -0.05) is 11.6 Å². The Labute approximate surface area is 182 Å². The molecule has 3 fully saturated rings. The van der Waals surface area contributed by atoms with Crippen molar-refractivity contribution in [3.8, 4) is 0 Å². The first kappa shape index (κ1) is 18.9. The van der Waals surface area contributed by atoms with Crippen molar-refractivity contribution in [3.63, 3.8) is 0 Å². The molecule has 0 bridgehead atoms. The molecule has 6 rings (SSSR count). The molecule has 4 aliphatic rings. The molecule has 2 aliphatic carbocycles. The van der Waals surface area contributed by atoms with Crippen LogP contribution in [0, 0.1) is 11.8 Å². The minimum absolute atomic E-state index is 0.106. The molecule has 2 aliphatic heterocycles. The molecular formula is C20H23ClN6O2S. The lowest BCUT2D eigenvalue weighted by Crippen LogP contribution is -2.59. The van der Waals surface area contributed by atoms with E-state index in [1.165, 1.54) is 0 Å². The fraction of sp³-hybridized carbons (Fsp3) is 0.600. The largest absolute Gasteiger partial charge is 0.394 e. The van der Waals surface area contributed by atoms with E-state index in [4.69, 9.17) is 16.6 Å². The minimum Gasteiger partial charge on any atom is -0.394 e. The Kier molecular flexibility index (Phi) is 4.30. The van der Waals surface area contributed by atoms with E-state index < -0.39 is 10.8 Å². The minimum atomic E-state index is -1.09. The van der Waals surface area contributed by atoms with Gasteiger partial charge in [0.15, 0.2) is 5.82 Å². The summed E-state index contributed by atoms with van der Waals surface area (Å²) < 4.78 is 12.6. The molecule has 8 nitrogen and oxygen atoms in total. The summed E-state index contributed by atoms with van der Waals surface area (Å²) >= 11 is 5.91. The fourth-order valence-corrected chi connectivity index (χ4v) is 6.57. The van der Waals surface area contributed by atoms with Gasteiger partial charge in [0.2, 0.25) is 5.95 Å². The lowest BCUT2D eigenvalue weighted by molar-refractivity contribution is 0.115. The van der Waals surface area contributed by atoms with Crippen LogP contribution in [0.1, 0.15) is 31.0 Å². The number of anilines is 2. The maximum atomic E-state index is 12.6. The number of hydrogen-bond donors (Lipinski definition) is 1. The van der Waals surface area contributed by atoms with Crippen molar-refractivity contribution in [1.29, 1.82) is 0 Å². The van der Waals surface area contributed by atoms with Gasteiger partial charge in [-0.15, -0.1) is 0 Å². The van der Waals surface area contributed by atoms with Gasteiger partial charge in [0.1, 0.15) is 5.82 Å². The third-order valence-corrected chi connectivity index (χ3v) is 8.82. The van der Waals surface area contributed by atoms with Crippen molar-refractivity contribution in [3.05, 3.63) is 29.4 Å². The summed E-state index contributed by atoms with van der Waals surface area (Å²) in [7, 11) is -1.09. The van der Waals surface area contributed by atoms with Crippen LogP contribution in [-0.2, 0) is 10.8 Å². The maximum Gasteiger partial charge on any atom is 0.227 e. The SMILES string of the molecule is O=[S@]1CCN(C2(CO)CCC2)c2nc(N3CC4C(C3)C4c3ncc(Cl)cn3)ncc21. The third kappa shape index (κ3) is 2.78. The summed E-state index contributed by atoms with van der Waals surface area (Å²) in [4.78, 5) is 23.3. The van der Waals surface area contributed by atoms with Crippen molar-refractivity contribution in [2.75, 3.05) is 41.8 Å². The molecule has 1 saturated heterocycles. The molecular weight excluding hydrogens is 424 g/mol. The summed E-state index contributed by atoms with van der Waals surface area (Å²) in [5.41, 5.74) is -0.255. The highest BCUT2D eigenvalue weighted by molar-refractivity contribution is 7.85. The normalized spacial score (nSPS) is 31.1. The Morgan fingerprint density at radius 1 is 1.17 bits per heavy atom. The van der Waals surface area contributed by atoms with Crippen molar-refractivity contribution >= 4 is 34.2 Å². The molecule has 2 aromatic rings. The van der Waals surface area contributed by atoms with Crippen molar-refractivity contribution in [2.24, 2.45) is 11.8 Å². The fourth-order valence-electron chi connectivity index (χ4n) is 5.38. The monoisotopic (exact) mass is 446 g/mol. The molecule has 30 heavy (non-hydrogen) atoms. The average Bonchev–Trinajstić information content (AvgIpc) is 3.22. The zero-order chi connectivity index (χ0) is 20.5. The number of fused-ring (bicyclic) bond motifs is 2. The van der Waals surface area contributed by atoms with E-state index in [1.54, 1.807) is 18.6 Å². The van der Waals surface area contributed by atoms with Crippen molar-refractivity contribution in [1.82, 2.24) is 19.9 Å². The van der Waals surface area contributed by atoms with Gasteiger partial charge in [-0.05, 0) is 31.1 Å². The highest BCUT2D eigenvalue weighted by Crippen LogP contribution is 2.57. The van der Waals surface area contributed by atoms with Crippen molar-refractivity contribution in [2.45, 2.75) is 35.6 Å². The molecule has 0 aromatic carbocycles. The summed E-state index contributed by atoms with van der Waals surface area (Å²) in [6.07, 6.45) is 8.06. The van der Waals surface area contributed by atoms with Gasteiger partial charge < -0.3 is 14.9 Å². The second-order valence-electron chi connectivity index (χ2n) is 8.81. The summed E-state index contributed by atoms with van der Waals surface area (Å²) in [5, 5.41) is 10.6.